The van der Waals surface area contributed by atoms with E-state index in [4.69, 9.17) is 4.74 Å². The highest BCUT2D eigenvalue weighted by Crippen LogP contribution is 2.25. The topological polar surface area (TPSA) is 139 Å². The number of amides is 2. The third kappa shape index (κ3) is 3.34. The van der Waals surface area contributed by atoms with Gasteiger partial charge in [-0.05, 0) is 15.9 Å². The first kappa shape index (κ1) is 16.7. The summed E-state index contributed by atoms with van der Waals surface area (Å²) in [4.78, 5) is 29.0. The fourth-order valence-corrected chi connectivity index (χ4v) is 2.64. The summed E-state index contributed by atoms with van der Waals surface area (Å²) in [6, 6.07) is 8.73. The monoisotopic (exact) mass is 369 g/mol. The van der Waals surface area contributed by atoms with Gasteiger partial charge in [0.1, 0.15) is 18.5 Å². The summed E-state index contributed by atoms with van der Waals surface area (Å²) < 4.78 is 9.92. The summed E-state index contributed by atoms with van der Waals surface area (Å²) in [6.45, 7) is -0.110. The Morgan fingerprint density at radius 3 is 2.93 bits per heavy atom. The predicted octanol–water partition coefficient (Wildman–Crippen LogP) is -0.0677. The van der Waals surface area contributed by atoms with E-state index < -0.39 is 17.9 Å². The van der Waals surface area contributed by atoms with Crippen LogP contribution < -0.4 is 15.0 Å². The first-order valence-electron chi connectivity index (χ1n) is 8.11. The lowest BCUT2D eigenvalue weighted by atomic mass is 10.1. The molecule has 0 radical (unpaired) electrons. The van der Waals surface area contributed by atoms with Crippen LogP contribution in [0.2, 0.25) is 0 Å². The van der Waals surface area contributed by atoms with Crippen molar-refractivity contribution in [1.82, 2.24) is 30.8 Å². The molecule has 0 saturated heterocycles. The van der Waals surface area contributed by atoms with Gasteiger partial charge >= 0.3 is 5.88 Å². The van der Waals surface area contributed by atoms with Crippen LogP contribution in [0.15, 0.2) is 35.0 Å². The standard InChI is InChI=1S/C16H15N7O4/c1-23-13-15(22-27-21-13)26-8-10(16(23)25)17-14(24)12-18-11(19-20-12)7-9-5-3-2-4-6-9/h2-6,10H,7-8H2,1H3,(H,17,24)(H,18,19,20)/t10-/m0/s1. The highest BCUT2D eigenvalue weighted by Gasteiger charge is 2.34. The maximum Gasteiger partial charge on any atom is 0.301 e. The highest BCUT2D eigenvalue weighted by atomic mass is 16.6. The molecule has 1 aliphatic heterocycles. The molecule has 0 unspecified atom stereocenters. The third-order valence-electron chi connectivity index (χ3n) is 4.04. The van der Waals surface area contributed by atoms with Crippen molar-refractivity contribution in [3.63, 3.8) is 0 Å². The molecule has 11 nitrogen and oxygen atoms in total. The minimum Gasteiger partial charge on any atom is -0.470 e. The maximum atomic E-state index is 12.5. The first-order valence-corrected chi connectivity index (χ1v) is 8.11. The summed E-state index contributed by atoms with van der Waals surface area (Å²) in [5.41, 5.74) is 1.03. The van der Waals surface area contributed by atoms with Crippen molar-refractivity contribution in [2.24, 2.45) is 0 Å². The second-order valence-electron chi connectivity index (χ2n) is 5.91. The molecule has 0 spiro atoms. The van der Waals surface area contributed by atoms with E-state index >= 15 is 0 Å². The van der Waals surface area contributed by atoms with Gasteiger partial charge in [0.2, 0.25) is 11.6 Å². The molecule has 11 heteroatoms. The second kappa shape index (κ2) is 6.86. The fourth-order valence-electron chi connectivity index (χ4n) is 2.64. The number of nitrogens with zero attached hydrogens (tertiary/aromatic N) is 5. The van der Waals surface area contributed by atoms with Gasteiger partial charge in [-0.3, -0.25) is 14.5 Å². The number of rotatable bonds is 4. The Balaban J connectivity index is 1.43. The van der Waals surface area contributed by atoms with Gasteiger partial charge in [0.15, 0.2) is 0 Å². The zero-order chi connectivity index (χ0) is 18.8. The number of hydrogen-bond acceptors (Lipinski definition) is 8. The van der Waals surface area contributed by atoms with E-state index in [-0.39, 0.29) is 24.1 Å². The van der Waals surface area contributed by atoms with Crippen LogP contribution >= 0.6 is 0 Å². The van der Waals surface area contributed by atoms with Crippen LogP contribution in [0.25, 0.3) is 0 Å². The van der Waals surface area contributed by atoms with E-state index in [0.717, 1.165) is 5.56 Å². The van der Waals surface area contributed by atoms with Gasteiger partial charge in [0.25, 0.3) is 11.8 Å². The number of carbonyl (C=O) groups excluding carboxylic acids is 2. The maximum absolute atomic E-state index is 12.5. The van der Waals surface area contributed by atoms with E-state index in [0.29, 0.717) is 12.2 Å². The lowest BCUT2D eigenvalue weighted by Gasteiger charge is -2.18. The van der Waals surface area contributed by atoms with E-state index in [9.17, 15) is 9.59 Å². The van der Waals surface area contributed by atoms with E-state index in [2.05, 4.69) is 35.4 Å². The average molecular weight is 369 g/mol. The van der Waals surface area contributed by atoms with Crippen molar-refractivity contribution in [1.29, 1.82) is 0 Å². The Bertz CT molecular complexity index is 968. The minimum atomic E-state index is -0.929. The van der Waals surface area contributed by atoms with Gasteiger partial charge in [-0.1, -0.05) is 30.3 Å². The molecule has 3 heterocycles. The number of ether oxygens (including phenoxy) is 1. The fraction of sp³-hybridized carbons (Fsp3) is 0.250. The Morgan fingerprint density at radius 1 is 1.30 bits per heavy atom. The summed E-state index contributed by atoms with van der Waals surface area (Å²) in [5, 5.41) is 17.6. The molecule has 2 amide bonds. The van der Waals surface area contributed by atoms with Gasteiger partial charge in [0.05, 0.1) is 0 Å². The molecule has 1 atom stereocenters. The molecule has 2 N–H and O–H groups in total. The number of likely N-dealkylation sites (N-methyl/N-ethyl adjacent to an activating group) is 1. The number of aromatic nitrogens is 5. The van der Waals surface area contributed by atoms with Gasteiger partial charge < -0.3 is 15.0 Å². The summed E-state index contributed by atoms with van der Waals surface area (Å²) in [7, 11) is 1.49. The number of carbonyl (C=O) groups is 2. The van der Waals surface area contributed by atoms with Crippen molar-refractivity contribution in [3.8, 4) is 5.88 Å². The number of nitrogens with one attached hydrogen (secondary N) is 2. The van der Waals surface area contributed by atoms with Crippen LogP contribution in [-0.4, -0.2) is 57.0 Å². The molecular formula is C16H15N7O4. The summed E-state index contributed by atoms with van der Waals surface area (Å²) >= 11 is 0. The average Bonchev–Trinajstić information content (AvgIpc) is 3.32. The van der Waals surface area contributed by atoms with Crippen molar-refractivity contribution in [3.05, 3.63) is 47.5 Å². The van der Waals surface area contributed by atoms with Crippen LogP contribution in [0.3, 0.4) is 0 Å². The van der Waals surface area contributed by atoms with Gasteiger partial charge in [-0.25, -0.2) is 4.63 Å². The van der Waals surface area contributed by atoms with Gasteiger partial charge in [-0.2, -0.15) is 0 Å². The smallest absolute Gasteiger partial charge is 0.301 e. The number of anilines is 1. The van der Waals surface area contributed by atoms with Crippen LogP contribution in [0.1, 0.15) is 22.0 Å². The molecule has 0 aliphatic carbocycles. The van der Waals surface area contributed by atoms with Crippen LogP contribution in [0.4, 0.5) is 5.82 Å². The zero-order valence-electron chi connectivity index (χ0n) is 14.2. The molecule has 0 saturated carbocycles. The Labute approximate surface area is 152 Å². The third-order valence-corrected chi connectivity index (χ3v) is 4.04. The van der Waals surface area contributed by atoms with Crippen molar-refractivity contribution >= 4 is 17.6 Å². The number of aromatic amines is 1. The lowest BCUT2D eigenvalue weighted by Crippen LogP contribution is -2.49. The SMILES string of the molecule is CN1C(=O)[C@@H](NC(=O)c2nnc(Cc3ccccc3)[nH]2)COc2nonc21. The normalized spacial score (nSPS) is 16.4. The molecule has 0 bridgehead atoms. The Kier molecular flexibility index (Phi) is 4.24. The largest absolute Gasteiger partial charge is 0.470 e. The van der Waals surface area contributed by atoms with E-state index in [1.54, 1.807) is 0 Å². The summed E-state index contributed by atoms with van der Waals surface area (Å²) in [6.07, 6.45) is 0.509. The molecule has 1 aromatic carbocycles. The van der Waals surface area contributed by atoms with E-state index in [1.165, 1.54) is 11.9 Å². The molecule has 3 aromatic rings. The highest BCUT2D eigenvalue weighted by molar-refractivity contribution is 6.01. The van der Waals surface area contributed by atoms with Crippen LogP contribution in [0.5, 0.6) is 5.88 Å². The Hall–Kier alpha value is -3.76. The van der Waals surface area contributed by atoms with Crippen LogP contribution in [0, 0.1) is 0 Å². The zero-order valence-corrected chi connectivity index (χ0v) is 14.2. The lowest BCUT2D eigenvalue weighted by molar-refractivity contribution is -0.120. The molecule has 138 valence electrons. The van der Waals surface area contributed by atoms with E-state index in [1.807, 2.05) is 30.3 Å². The van der Waals surface area contributed by atoms with Crippen molar-refractivity contribution < 1.29 is 19.0 Å². The van der Waals surface area contributed by atoms with Crippen molar-refractivity contribution in [2.45, 2.75) is 12.5 Å². The molecule has 4 rings (SSSR count). The number of H-pyrrole nitrogens is 1. The van der Waals surface area contributed by atoms with Gasteiger partial charge in [-0.15, -0.1) is 10.2 Å². The molecule has 0 fully saturated rings. The van der Waals surface area contributed by atoms with Gasteiger partial charge in [0, 0.05) is 13.5 Å². The quantitative estimate of drug-likeness (QED) is 0.652. The number of benzene rings is 1. The molecule has 27 heavy (non-hydrogen) atoms. The molecule has 2 aromatic heterocycles. The minimum absolute atomic E-state index is 0.0128. The number of hydrogen-bond donors (Lipinski definition) is 2. The summed E-state index contributed by atoms with van der Waals surface area (Å²) in [5.74, 6) is -0.179. The number of fused-ring (bicyclic) bond motifs is 1. The molecular weight excluding hydrogens is 354 g/mol. The predicted molar refractivity (Wildman–Crippen MR) is 90.1 cm³/mol. The second-order valence-corrected chi connectivity index (χ2v) is 5.91. The Morgan fingerprint density at radius 2 is 2.11 bits per heavy atom. The van der Waals surface area contributed by atoms with Crippen molar-refractivity contribution in [2.75, 3.05) is 18.6 Å². The molecule has 1 aliphatic rings. The van der Waals surface area contributed by atoms with Crippen LogP contribution in [-0.2, 0) is 11.2 Å². The first-order chi connectivity index (χ1) is 13.1.